The van der Waals surface area contributed by atoms with E-state index in [1.807, 2.05) is 0 Å². The fourth-order valence-electron chi connectivity index (χ4n) is 2.36. The summed E-state index contributed by atoms with van der Waals surface area (Å²) in [5.41, 5.74) is -0.138. The topological polar surface area (TPSA) is 58.6 Å². The minimum absolute atomic E-state index is 0.174. The van der Waals surface area contributed by atoms with Gasteiger partial charge in [-0.25, -0.2) is 4.39 Å². The van der Waals surface area contributed by atoms with Crippen LogP contribution in [-0.2, 0) is 11.2 Å². The first kappa shape index (κ1) is 12.8. The highest BCUT2D eigenvalue weighted by Gasteiger charge is 2.41. The molecule has 1 aliphatic heterocycles. The average molecular weight is 253 g/mol. The maximum atomic E-state index is 13.6. The fourth-order valence-corrected chi connectivity index (χ4v) is 2.36. The van der Waals surface area contributed by atoms with Gasteiger partial charge in [0.15, 0.2) is 11.6 Å². The van der Waals surface area contributed by atoms with Gasteiger partial charge in [-0.1, -0.05) is 6.07 Å². The van der Waals surface area contributed by atoms with E-state index in [1.165, 1.54) is 19.2 Å². The van der Waals surface area contributed by atoms with Crippen LogP contribution in [0.25, 0.3) is 0 Å². The molecular weight excluding hydrogens is 237 g/mol. The van der Waals surface area contributed by atoms with Crippen molar-refractivity contribution in [2.75, 3.05) is 20.2 Å². The molecule has 98 valence electrons. The molecule has 1 aromatic carbocycles. The van der Waals surface area contributed by atoms with E-state index in [0.717, 1.165) is 0 Å². The van der Waals surface area contributed by atoms with Gasteiger partial charge in [-0.3, -0.25) is 4.79 Å². The van der Waals surface area contributed by atoms with Crippen LogP contribution in [0.4, 0.5) is 4.39 Å². The number of aliphatic carboxylic acids is 1. The number of ether oxygens (including phenoxy) is 1. The first-order chi connectivity index (χ1) is 8.57. The molecule has 5 heteroatoms. The van der Waals surface area contributed by atoms with Crippen LogP contribution in [-0.4, -0.2) is 31.3 Å². The van der Waals surface area contributed by atoms with Gasteiger partial charge in [-0.2, -0.15) is 0 Å². The van der Waals surface area contributed by atoms with E-state index in [9.17, 15) is 14.3 Å². The van der Waals surface area contributed by atoms with Gasteiger partial charge in [0, 0.05) is 6.54 Å². The smallest absolute Gasteiger partial charge is 0.311 e. The SMILES string of the molecule is COc1ccc(CC2(C(=O)O)CCNC2)cc1F. The van der Waals surface area contributed by atoms with Crippen molar-refractivity contribution in [2.45, 2.75) is 12.8 Å². The molecule has 1 fully saturated rings. The molecular formula is C13H16FNO3. The van der Waals surface area contributed by atoms with Gasteiger partial charge in [0.1, 0.15) is 0 Å². The summed E-state index contributed by atoms with van der Waals surface area (Å²) < 4.78 is 18.4. The summed E-state index contributed by atoms with van der Waals surface area (Å²) in [4.78, 5) is 11.4. The quantitative estimate of drug-likeness (QED) is 0.852. The van der Waals surface area contributed by atoms with Crippen molar-refractivity contribution in [2.24, 2.45) is 5.41 Å². The van der Waals surface area contributed by atoms with Crippen molar-refractivity contribution in [3.63, 3.8) is 0 Å². The maximum Gasteiger partial charge on any atom is 0.311 e. The second-order valence-electron chi connectivity index (χ2n) is 4.66. The summed E-state index contributed by atoms with van der Waals surface area (Å²) in [5, 5.41) is 12.4. The Balaban J connectivity index is 2.22. The molecule has 4 nitrogen and oxygen atoms in total. The Morgan fingerprint density at radius 2 is 2.39 bits per heavy atom. The number of rotatable bonds is 4. The number of benzene rings is 1. The number of carboxylic acid groups (broad SMARTS) is 1. The molecule has 1 heterocycles. The summed E-state index contributed by atoms with van der Waals surface area (Å²) in [7, 11) is 1.40. The van der Waals surface area contributed by atoms with Crippen molar-refractivity contribution in [3.8, 4) is 5.75 Å². The summed E-state index contributed by atoms with van der Waals surface area (Å²) in [6.45, 7) is 1.11. The summed E-state index contributed by atoms with van der Waals surface area (Å²) in [6.07, 6.45) is 0.895. The van der Waals surface area contributed by atoms with Crippen molar-refractivity contribution in [1.29, 1.82) is 0 Å². The number of halogens is 1. The van der Waals surface area contributed by atoms with Crippen LogP contribution >= 0.6 is 0 Å². The lowest BCUT2D eigenvalue weighted by Gasteiger charge is -2.23. The van der Waals surface area contributed by atoms with Crippen molar-refractivity contribution >= 4 is 5.97 Å². The molecule has 1 atom stereocenters. The van der Waals surface area contributed by atoms with Crippen LogP contribution < -0.4 is 10.1 Å². The Bertz CT molecular complexity index is 456. The van der Waals surface area contributed by atoms with Gasteiger partial charge < -0.3 is 15.2 Å². The predicted octanol–water partition coefficient (Wildman–Crippen LogP) is 1.44. The average Bonchev–Trinajstić information content (AvgIpc) is 2.79. The Hall–Kier alpha value is -1.62. The van der Waals surface area contributed by atoms with E-state index < -0.39 is 17.2 Å². The Kier molecular flexibility index (Phi) is 3.52. The summed E-state index contributed by atoms with van der Waals surface area (Å²) in [6, 6.07) is 4.59. The Morgan fingerprint density at radius 3 is 2.89 bits per heavy atom. The van der Waals surface area contributed by atoms with Gasteiger partial charge >= 0.3 is 5.97 Å². The predicted molar refractivity (Wildman–Crippen MR) is 64.2 cm³/mol. The fraction of sp³-hybridized carbons (Fsp3) is 0.462. The van der Waals surface area contributed by atoms with E-state index >= 15 is 0 Å². The largest absolute Gasteiger partial charge is 0.494 e. The molecule has 18 heavy (non-hydrogen) atoms. The third-order valence-corrected chi connectivity index (χ3v) is 3.46. The molecule has 1 saturated heterocycles. The van der Waals surface area contributed by atoms with Gasteiger partial charge in [0.05, 0.1) is 12.5 Å². The summed E-state index contributed by atoms with van der Waals surface area (Å²) in [5.74, 6) is -1.11. The van der Waals surface area contributed by atoms with Gasteiger partial charge in [-0.05, 0) is 37.1 Å². The molecule has 0 spiro atoms. The highest BCUT2D eigenvalue weighted by molar-refractivity contribution is 5.76. The second kappa shape index (κ2) is 4.94. The van der Waals surface area contributed by atoms with Gasteiger partial charge in [0.25, 0.3) is 0 Å². The molecule has 1 unspecified atom stereocenters. The lowest BCUT2D eigenvalue weighted by molar-refractivity contribution is -0.147. The van der Waals surface area contributed by atoms with Crippen LogP contribution in [0, 0.1) is 11.2 Å². The van der Waals surface area contributed by atoms with E-state index in [1.54, 1.807) is 6.07 Å². The zero-order valence-corrected chi connectivity index (χ0v) is 10.2. The minimum atomic E-state index is -0.830. The number of hydrogen-bond donors (Lipinski definition) is 2. The highest BCUT2D eigenvalue weighted by Crippen LogP contribution is 2.31. The number of nitrogens with one attached hydrogen (secondary N) is 1. The number of carboxylic acids is 1. The normalized spacial score (nSPS) is 23.0. The first-order valence-corrected chi connectivity index (χ1v) is 5.84. The molecule has 0 radical (unpaired) electrons. The molecule has 0 saturated carbocycles. The molecule has 0 bridgehead atoms. The van der Waals surface area contributed by atoms with Gasteiger partial charge in [-0.15, -0.1) is 0 Å². The number of carbonyl (C=O) groups is 1. The van der Waals surface area contributed by atoms with E-state index in [-0.39, 0.29) is 5.75 Å². The van der Waals surface area contributed by atoms with E-state index in [0.29, 0.717) is 31.5 Å². The third kappa shape index (κ3) is 2.31. The van der Waals surface area contributed by atoms with Crippen molar-refractivity contribution in [3.05, 3.63) is 29.6 Å². The van der Waals surface area contributed by atoms with Gasteiger partial charge in [0.2, 0.25) is 0 Å². The first-order valence-electron chi connectivity index (χ1n) is 5.84. The van der Waals surface area contributed by atoms with E-state index in [2.05, 4.69) is 5.32 Å². The standard InChI is InChI=1S/C13H16FNO3/c1-18-11-3-2-9(6-10(11)14)7-13(12(16)17)4-5-15-8-13/h2-3,6,15H,4-5,7-8H2,1H3,(H,16,17). The molecule has 0 aromatic heterocycles. The van der Waals surface area contributed by atoms with Crippen LogP contribution in [0.15, 0.2) is 18.2 Å². The van der Waals surface area contributed by atoms with E-state index in [4.69, 9.17) is 4.74 Å². The molecule has 0 amide bonds. The van der Waals surface area contributed by atoms with Crippen molar-refractivity contribution in [1.82, 2.24) is 5.32 Å². The monoisotopic (exact) mass is 253 g/mol. The second-order valence-corrected chi connectivity index (χ2v) is 4.66. The minimum Gasteiger partial charge on any atom is -0.494 e. The van der Waals surface area contributed by atoms with Crippen LogP contribution in [0.3, 0.4) is 0 Å². The molecule has 1 aliphatic rings. The summed E-state index contributed by atoms with van der Waals surface area (Å²) >= 11 is 0. The van der Waals surface area contributed by atoms with Crippen molar-refractivity contribution < 1.29 is 19.0 Å². The Morgan fingerprint density at radius 1 is 1.61 bits per heavy atom. The number of hydrogen-bond acceptors (Lipinski definition) is 3. The third-order valence-electron chi connectivity index (χ3n) is 3.46. The zero-order chi connectivity index (χ0) is 13.2. The van der Waals surface area contributed by atoms with Crippen LogP contribution in [0.5, 0.6) is 5.75 Å². The lowest BCUT2D eigenvalue weighted by Crippen LogP contribution is -2.35. The number of methoxy groups -OCH3 is 1. The molecule has 0 aliphatic carbocycles. The van der Waals surface area contributed by atoms with Crippen LogP contribution in [0.1, 0.15) is 12.0 Å². The Labute approximate surface area is 105 Å². The maximum absolute atomic E-state index is 13.6. The highest BCUT2D eigenvalue weighted by atomic mass is 19.1. The lowest BCUT2D eigenvalue weighted by atomic mass is 9.81. The molecule has 1 aromatic rings. The molecule has 2 rings (SSSR count). The van der Waals surface area contributed by atoms with Crippen LogP contribution in [0.2, 0.25) is 0 Å². The zero-order valence-electron chi connectivity index (χ0n) is 10.2. The molecule has 2 N–H and O–H groups in total.